The van der Waals surface area contributed by atoms with E-state index >= 15 is 0 Å². The van der Waals surface area contributed by atoms with Crippen LogP contribution in [0.1, 0.15) is 4.88 Å². The van der Waals surface area contributed by atoms with Gasteiger partial charge in [0.15, 0.2) is 0 Å². The molecule has 2 aromatic heterocycles. The standard InChI is InChI=1S/C12H10N2S2/c1-2-10(15-5-1)7-13-9-3-4-11-12(6-9)16-8-14-11/h1-6,8,13H,7H2. The summed E-state index contributed by atoms with van der Waals surface area (Å²) in [6.45, 7) is 0.891. The zero-order valence-corrected chi connectivity index (χ0v) is 10.1. The summed E-state index contributed by atoms with van der Waals surface area (Å²) >= 11 is 3.45. The minimum absolute atomic E-state index is 0.891. The van der Waals surface area contributed by atoms with Gasteiger partial charge in [0.2, 0.25) is 0 Å². The molecule has 3 aromatic rings. The minimum atomic E-state index is 0.891. The van der Waals surface area contributed by atoms with Gasteiger partial charge in [0, 0.05) is 17.1 Å². The fraction of sp³-hybridized carbons (Fsp3) is 0.0833. The molecule has 2 heterocycles. The van der Waals surface area contributed by atoms with Crippen molar-refractivity contribution in [1.82, 2.24) is 4.98 Å². The monoisotopic (exact) mass is 246 g/mol. The summed E-state index contributed by atoms with van der Waals surface area (Å²) in [6, 6.07) is 10.5. The molecular weight excluding hydrogens is 236 g/mol. The Balaban J connectivity index is 1.78. The van der Waals surface area contributed by atoms with Crippen LogP contribution in [0.2, 0.25) is 0 Å². The van der Waals surface area contributed by atoms with Crippen LogP contribution in [0.5, 0.6) is 0 Å². The lowest BCUT2D eigenvalue weighted by Gasteiger charge is -2.04. The molecule has 0 aliphatic heterocycles. The van der Waals surface area contributed by atoms with Crippen LogP contribution in [0.4, 0.5) is 5.69 Å². The SMILES string of the molecule is c1csc(CNc2ccc3ncsc3c2)c1. The maximum atomic E-state index is 4.26. The molecule has 0 spiro atoms. The zero-order chi connectivity index (χ0) is 10.8. The van der Waals surface area contributed by atoms with E-state index in [1.807, 2.05) is 5.51 Å². The molecule has 1 N–H and O–H groups in total. The molecule has 1 aromatic carbocycles. The van der Waals surface area contributed by atoms with E-state index in [1.165, 1.54) is 9.58 Å². The van der Waals surface area contributed by atoms with Crippen molar-refractivity contribution >= 4 is 38.6 Å². The van der Waals surface area contributed by atoms with Crippen molar-refractivity contribution in [3.8, 4) is 0 Å². The Hall–Kier alpha value is -1.39. The van der Waals surface area contributed by atoms with Gasteiger partial charge in [0.1, 0.15) is 0 Å². The topological polar surface area (TPSA) is 24.9 Å². The lowest BCUT2D eigenvalue weighted by atomic mass is 10.3. The number of fused-ring (bicyclic) bond motifs is 1. The van der Waals surface area contributed by atoms with Crippen molar-refractivity contribution < 1.29 is 0 Å². The fourth-order valence-electron chi connectivity index (χ4n) is 1.57. The van der Waals surface area contributed by atoms with Crippen molar-refractivity contribution in [2.45, 2.75) is 6.54 Å². The molecular formula is C12H10N2S2. The highest BCUT2D eigenvalue weighted by Gasteiger charge is 1.99. The lowest BCUT2D eigenvalue weighted by molar-refractivity contribution is 1.20. The van der Waals surface area contributed by atoms with E-state index in [1.54, 1.807) is 22.7 Å². The molecule has 0 atom stereocenters. The van der Waals surface area contributed by atoms with Gasteiger partial charge >= 0.3 is 0 Å². The molecule has 0 saturated heterocycles. The molecule has 0 amide bonds. The summed E-state index contributed by atoms with van der Waals surface area (Å²) in [5.74, 6) is 0. The van der Waals surface area contributed by atoms with E-state index in [0.29, 0.717) is 0 Å². The van der Waals surface area contributed by atoms with Gasteiger partial charge < -0.3 is 5.32 Å². The summed E-state index contributed by atoms with van der Waals surface area (Å²) in [4.78, 5) is 5.61. The number of thiazole rings is 1. The van der Waals surface area contributed by atoms with Gasteiger partial charge in [0.25, 0.3) is 0 Å². The average Bonchev–Trinajstić information content (AvgIpc) is 2.97. The van der Waals surface area contributed by atoms with Crippen molar-refractivity contribution in [2.75, 3.05) is 5.32 Å². The highest BCUT2D eigenvalue weighted by molar-refractivity contribution is 7.16. The average molecular weight is 246 g/mol. The number of hydrogen-bond acceptors (Lipinski definition) is 4. The number of rotatable bonds is 3. The molecule has 16 heavy (non-hydrogen) atoms. The van der Waals surface area contributed by atoms with Gasteiger partial charge in [-0.05, 0) is 29.6 Å². The Morgan fingerprint density at radius 1 is 1.19 bits per heavy atom. The molecule has 0 aliphatic rings. The zero-order valence-electron chi connectivity index (χ0n) is 8.51. The second-order valence-corrected chi connectivity index (χ2v) is 5.39. The molecule has 0 unspecified atom stereocenters. The molecule has 0 saturated carbocycles. The summed E-state index contributed by atoms with van der Waals surface area (Å²) in [5, 5.41) is 5.52. The number of anilines is 1. The van der Waals surface area contributed by atoms with Gasteiger partial charge in [-0.1, -0.05) is 6.07 Å². The Morgan fingerprint density at radius 3 is 3.06 bits per heavy atom. The van der Waals surface area contributed by atoms with E-state index in [2.05, 4.69) is 46.0 Å². The third kappa shape index (κ3) is 1.94. The van der Waals surface area contributed by atoms with Crippen LogP contribution in [-0.4, -0.2) is 4.98 Å². The number of benzene rings is 1. The van der Waals surface area contributed by atoms with Crippen LogP contribution in [0.25, 0.3) is 10.2 Å². The van der Waals surface area contributed by atoms with Gasteiger partial charge in [-0.15, -0.1) is 22.7 Å². The quantitative estimate of drug-likeness (QED) is 0.756. The first-order valence-corrected chi connectivity index (χ1v) is 6.77. The van der Waals surface area contributed by atoms with Crippen LogP contribution >= 0.6 is 22.7 Å². The smallest absolute Gasteiger partial charge is 0.0813 e. The Kier molecular flexibility index (Phi) is 2.60. The summed E-state index contributed by atoms with van der Waals surface area (Å²) in [5.41, 5.74) is 4.12. The summed E-state index contributed by atoms with van der Waals surface area (Å²) < 4.78 is 1.23. The predicted octanol–water partition coefficient (Wildman–Crippen LogP) is 3.97. The van der Waals surface area contributed by atoms with Gasteiger partial charge in [-0.3, -0.25) is 0 Å². The van der Waals surface area contributed by atoms with Crippen LogP contribution in [0.3, 0.4) is 0 Å². The van der Waals surface area contributed by atoms with E-state index in [0.717, 1.165) is 17.7 Å². The van der Waals surface area contributed by atoms with Crippen molar-refractivity contribution in [3.63, 3.8) is 0 Å². The maximum absolute atomic E-state index is 4.26. The molecule has 0 bridgehead atoms. The minimum Gasteiger partial charge on any atom is -0.380 e. The third-order valence-electron chi connectivity index (χ3n) is 2.38. The van der Waals surface area contributed by atoms with Crippen molar-refractivity contribution in [1.29, 1.82) is 0 Å². The third-order valence-corrected chi connectivity index (χ3v) is 4.05. The first-order chi connectivity index (χ1) is 7.92. The Morgan fingerprint density at radius 2 is 2.19 bits per heavy atom. The normalized spacial score (nSPS) is 10.8. The number of thiophene rings is 1. The van der Waals surface area contributed by atoms with Gasteiger partial charge in [-0.2, -0.15) is 0 Å². The number of nitrogens with one attached hydrogen (secondary N) is 1. The molecule has 2 nitrogen and oxygen atoms in total. The lowest BCUT2D eigenvalue weighted by Crippen LogP contribution is -1.96. The van der Waals surface area contributed by atoms with E-state index in [-0.39, 0.29) is 0 Å². The largest absolute Gasteiger partial charge is 0.380 e. The van der Waals surface area contributed by atoms with Crippen molar-refractivity contribution in [2.24, 2.45) is 0 Å². The van der Waals surface area contributed by atoms with Crippen LogP contribution in [0.15, 0.2) is 41.2 Å². The Labute approximate surface area is 102 Å². The first kappa shape index (κ1) is 9.81. The van der Waals surface area contributed by atoms with Crippen molar-refractivity contribution in [3.05, 3.63) is 46.1 Å². The second kappa shape index (κ2) is 4.23. The van der Waals surface area contributed by atoms with E-state index in [4.69, 9.17) is 0 Å². The Bertz CT molecular complexity index is 584. The molecule has 80 valence electrons. The fourth-order valence-corrected chi connectivity index (χ4v) is 2.93. The highest BCUT2D eigenvalue weighted by atomic mass is 32.1. The summed E-state index contributed by atoms with van der Waals surface area (Å²) in [6.07, 6.45) is 0. The number of nitrogens with zero attached hydrogens (tertiary/aromatic N) is 1. The number of hydrogen-bond donors (Lipinski definition) is 1. The second-order valence-electron chi connectivity index (χ2n) is 3.47. The number of aromatic nitrogens is 1. The highest BCUT2D eigenvalue weighted by Crippen LogP contribution is 2.22. The maximum Gasteiger partial charge on any atom is 0.0813 e. The van der Waals surface area contributed by atoms with E-state index in [9.17, 15) is 0 Å². The molecule has 0 aliphatic carbocycles. The van der Waals surface area contributed by atoms with Crippen LogP contribution < -0.4 is 5.32 Å². The van der Waals surface area contributed by atoms with Gasteiger partial charge in [0.05, 0.1) is 15.7 Å². The van der Waals surface area contributed by atoms with Gasteiger partial charge in [-0.25, -0.2) is 4.98 Å². The predicted molar refractivity (Wildman–Crippen MR) is 71.3 cm³/mol. The summed E-state index contributed by atoms with van der Waals surface area (Å²) in [7, 11) is 0. The van der Waals surface area contributed by atoms with Crippen LogP contribution in [0, 0.1) is 0 Å². The molecule has 4 heteroatoms. The molecule has 3 rings (SSSR count). The molecule has 0 radical (unpaired) electrons. The van der Waals surface area contributed by atoms with E-state index < -0.39 is 0 Å². The molecule has 0 fully saturated rings. The van der Waals surface area contributed by atoms with Crippen LogP contribution in [-0.2, 0) is 6.54 Å². The first-order valence-electron chi connectivity index (χ1n) is 5.01.